The lowest BCUT2D eigenvalue weighted by molar-refractivity contribution is -0.141. The molecule has 0 saturated carbocycles. The molecule has 0 bridgehead atoms. The summed E-state index contributed by atoms with van der Waals surface area (Å²) in [5.74, 6) is -4.15. The van der Waals surface area contributed by atoms with Gasteiger partial charge in [0.15, 0.2) is 0 Å². The fraction of sp³-hybridized carbons (Fsp3) is 0.458. The molecule has 1 heterocycles. The Labute approximate surface area is 224 Å². The number of likely N-dealkylation sites (tertiary alicyclic amines) is 1. The molecule has 7 amide bonds. The highest BCUT2D eigenvalue weighted by atomic mass is 16.3. The number of rotatable bonds is 13. The normalized spacial score (nSPS) is 15.0. The Morgan fingerprint density at radius 1 is 0.897 bits per heavy atom. The lowest BCUT2D eigenvalue weighted by Crippen LogP contribution is -2.56. The highest BCUT2D eigenvalue weighted by molar-refractivity contribution is 5.95. The molecule has 212 valence electrons. The summed E-state index contributed by atoms with van der Waals surface area (Å²) in [7, 11) is 0. The Hall–Kier alpha value is -4.69. The van der Waals surface area contributed by atoms with Gasteiger partial charge in [-0.2, -0.15) is 0 Å². The van der Waals surface area contributed by atoms with E-state index in [1.54, 1.807) is 12.1 Å². The number of nitrogens with zero attached hydrogens (tertiary/aromatic N) is 1. The summed E-state index contributed by atoms with van der Waals surface area (Å²) in [5.41, 5.74) is 5.59. The van der Waals surface area contributed by atoms with Gasteiger partial charge in [0.25, 0.3) is 0 Å². The van der Waals surface area contributed by atoms with E-state index in [0.29, 0.717) is 18.4 Å². The van der Waals surface area contributed by atoms with Crippen molar-refractivity contribution >= 4 is 41.4 Å². The molecule has 0 unspecified atom stereocenters. The number of carbonyl (C=O) groups excluding carboxylic acids is 7. The fourth-order valence-electron chi connectivity index (χ4n) is 3.80. The van der Waals surface area contributed by atoms with Crippen LogP contribution < -0.4 is 32.3 Å². The van der Waals surface area contributed by atoms with Crippen molar-refractivity contribution in [2.45, 2.75) is 38.3 Å². The maximum Gasteiger partial charge on any atom is 0.246 e. The number of phenols is 1. The van der Waals surface area contributed by atoms with Crippen molar-refractivity contribution < 1.29 is 38.7 Å². The zero-order chi connectivity index (χ0) is 28.9. The van der Waals surface area contributed by atoms with Gasteiger partial charge in [0.2, 0.25) is 41.4 Å². The van der Waals surface area contributed by atoms with Crippen molar-refractivity contribution in [1.82, 2.24) is 31.5 Å². The lowest BCUT2D eigenvalue weighted by Gasteiger charge is -2.29. The Balaban J connectivity index is 2.06. The number of nitrogens with one attached hydrogen (secondary N) is 5. The lowest BCUT2D eigenvalue weighted by atomic mass is 10.0. The van der Waals surface area contributed by atoms with E-state index in [-0.39, 0.29) is 31.8 Å². The third-order valence-electron chi connectivity index (χ3n) is 5.67. The number of hydrogen-bond donors (Lipinski definition) is 7. The highest BCUT2D eigenvalue weighted by Gasteiger charge is 2.37. The Bertz CT molecular complexity index is 1090. The third kappa shape index (κ3) is 10.7. The van der Waals surface area contributed by atoms with E-state index < -0.39 is 66.5 Å². The molecule has 8 N–H and O–H groups in total. The Kier molecular flexibility index (Phi) is 11.7. The second kappa shape index (κ2) is 14.9. The van der Waals surface area contributed by atoms with Gasteiger partial charge in [-0.15, -0.1) is 0 Å². The van der Waals surface area contributed by atoms with Crippen molar-refractivity contribution in [3.63, 3.8) is 0 Å². The van der Waals surface area contributed by atoms with Gasteiger partial charge >= 0.3 is 0 Å². The average molecular weight is 548 g/mol. The number of nitrogens with two attached hydrogens (primary N) is 1. The quantitative estimate of drug-likeness (QED) is 0.130. The van der Waals surface area contributed by atoms with Crippen molar-refractivity contribution in [3.8, 4) is 5.75 Å². The van der Waals surface area contributed by atoms with Crippen LogP contribution in [0.2, 0.25) is 0 Å². The molecular weight excluding hydrogens is 514 g/mol. The van der Waals surface area contributed by atoms with Crippen LogP contribution in [0.5, 0.6) is 5.75 Å². The molecule has 15 nitrogen and oxygen atoms in total. The first kappa shape index (κ1) is 30.5. The van der Waals surface area contributed by atoms with Crippen LogP contribution in [-0.2, 0) is 40.0 Å². The van der Waals surface area contributed by atoms with Crippen LogP contribution in [0.1, 0.15) is 25.3 Å². The van der Waals surface area contributed by atoms with Crippen molar-refractivity contribution in [2.24, 2.45) is 5.73 Å². The molecule has 15 heteroatoms. The molecule has 0 aromatic heterocycles. The smallest absolute Gasteiger partial charge is 0.246 e. The predicted molar refractivity (Wildman–Crippen MR) is 135 cm³/mol. The molecule has 1 aliphatic heterocycles. The van der Waals surface area contributed by atoms with Gasteiger partial charge in [0, 0.05) is 19.9 Å². The second-order valence-electron chi connectivity index (χ2n) is 8.83. The number of hydrogen-bond acceptors (Lipinski definition) is 8. The first-order valence-corrected chi connectivity index (χ1v) is 12.2. The maximum absolute atomic E-state index is 13.5. The van der Waals surface area contributed by atoms with Crippen LogP contribution >= 0.6 is 0 Å². The Morgan fingerprint density at radius 2 is 1.49 bits per heavy atom. The third-order valence-corrected chi connectivity index (χ3v) is 5.67. The summed E-state index contributed by atoms with van der Waals surface area (Å²) in [6.07, 6.45) is 0.876. The molecule has 2 atom stereocenters. The first-order valence-electron chi connectivity index (χ1n) is 12.2. The second-order valence-corrected chi connectivity index (χ2v) is 8.83. The van der Waals surface area contributed by atoms with Crippen LogP contribution in [0.4, 0.5) is 0 Å². The van der Waals surface area contributed by atoms with Crippen LogP contribution in [0, 0.1) is 0 Å². The molecule has 0 spiro atoms. The van der Waals surface area contributed by atoms with Crippen molar-refractivity contribution in [3.05, 3.63) is 29.8 Å². The van der Waals surface area contributed by atoms with Gasteiger partial charge in [-0.25, -0.2) is 0 Å². The number of aromatic hydroxyl groups is 1. The van der Waals surface area contributed by atoms with Gasteiger partial charge in [0.05, 0.1) is 26.2 Å². The van der Waals surface area contributed by atoms with Gasteiger partial charge in [0.1, 0.15) is 17.8 Å². The minimum atomic E-state index is -1.11. The molecular formula is C24H33N7O8. The molecule has 0 radical (unpaired) electrons. The topological polar surface area (TPSA) is 229 Å². The van der Waals surface area contributed by atoms with Crippen LogP contribution in [0.15, 0.2) is 24.3 Å². The minimum Gasteiger partial charge on any atom is -0.508 e. The molecule has 1 aromatic rings. The van der Waals surface area contributed by atoms with Crippen LogP contribution in [0.3, 0.4) is 0 Å². The predicted octanol–water partition coefficient (Wildman–Crippen LogP) is -3.62. The van der Waals surface area contributed by atoms with Gasteiger partial charge in [-0.1, -0.05) is 12.1 Å². The fourth-order valence-corrected chi connectivity index (χ4v) is 3.80. The van der Waals surface area contributed by atoms with Gasteiger partial charge in [-0.05, 0) is 30.5 Å². The number of amides is 7. The maximum atomic E-state index is 13.5. The zero-order valence-corrected chi connectivity index (χ0v) is 21.5. The molecule has 39 heavy (non-hydrogen) atoms. The van der Waals surface area contributed by atoms with Crippen molar-refractivity contribution in [1.29, 1.82) is 0 Å². The number of primary amides is 1. The number of phenolic OH excluding ortho intramolecular Hbond substituents is 1. The molecule has 0 aliphatic carbocycles. The minimum absolute atomic E-state index is 0.0173. The summed E-state index contributed by atoms with van der Waals surface area (Å²) < 4.78 is 0. The highest BCUT2D eigenvalue weighted by Crippen LogP contribution is 2.20. The summed E-state index contributed by atoms with van der Waals surface area (Å²) in [4.78, 5) is 85.5. The standard InChI is InChI=1S/C24H33N7O8/c1-14(32)26-11-20(35)28-13-22(37)30-17(9-15-4-6-16(33)7-5-15)24(39)31-8-2-3-18(31)23(38)29-12-21(36)27-10-19(25)34/h4-7,17-18,33H,2-3,8-13H2,1H3,(H2,25,34)(H,26,32)(H,27,36)(H,28,35)(H,29,38)(H,30,37)/t17-,18-/m0/s1. The van der Waals surface area contributed by atoms with E-state index in [2.05, 4.69) is 26.6 Å². The molecule has 1 aliphatic rings. The Morgan fingerprint density at radius 3 is 2.10 bits per heavy atom. The first-order chi connectivity index (χ1) is 18.5. The van der Waals surface area contributed by atoms with Crippen molar-refractivity contribution in [2.75, 3.05) is 32.7 Å². The van der Waals surface area contributed by atoms with E-state index in [0.717, 1.165) is 0 Å². The van der Waals surface area contributed by atoms with E-state index >= 15 is 0 Å². The van der Waals surface area contributed by atoms with Crippen LogP contribution in [0.25, 0.3) is 0 Å². The van der Waals surface area contributed by atoms with E-state index in [1.165, 1.54) is 24.0 Å². The van der Waals surface area contributed by atoms with Crippen LogP contribution in [-0.4, -0.2) is 96.2 Å². The summed E-state index contributed by atoms with van der Waals surface area (Å²) in [6.45, 7) is -0.0956. The van der Waals surface area contributed by atoms with E-state index in [1.807, 2.05) is 0 Å². The molecule has 1 saturated heterocycles. The van der Waals surface area contributed by atoms with Gasteiger partial charge < -0.3 is 42.3 Å². The molecule has 1 aromatic carbocycles. The van der Waals surface area contributed by atoms with Gasteiger partial charge in [-0.3, -0.25) is 33.6 Å². The largest absolute Gasteiger partial charge is 0.508 e. The SMILES string of the molecule is CC(=O)NCC(=O)NCC(=O)N[C@@H](Cc1ccc(O)cc1)C(=O)N1CCC[C@H]1C(=O)NCC(=O)NCC(N)=O. The number of benzene rings is 1. The summed E-state index contributed by atoms with van der Waals surface area (Å²) >= 11 is 0. The average Bonchev–Trinajstić information content (AvgIpc) is 3.38. The molecule has 2 rings (SSSR count). The number of carbonyl (C=O) groups is 7. The summed E-state index contributed by atoms with van der Waals surface area (Å²) in [6, 6.07) is 4.01. The van der Waals surface area contributed by atoms with E-state index in [4.69, 9.17) is 5.73 Å². The monoisotopic (exact) mass is 547 g/mol. The van der Waals surface area contributed by atoms with E-state index in [9.17, 15) is 38.7 Å². The molecule has 1 fully saturated rings. The zero-order valence-electron chi connectivity index (χ0n) is 21.5. The summed E-state index contributed by atoms with van der Waals surface area (Å²) in [5, 5.41) is 21.4.